The van der Waals surface area contributed by atoms with Crippen LogP contribution in [0.2, 0.25) is 0 Å². The SMILES string of the molecule is COc1ccccc1C1=NC(=O)C2=NN=NC2=N1. The van der Waals surface area contributed by atoms with Gasteiger partial charge in [-0.25, -0.2) is 4.99 Å². The lowest BCUT2D eigenvalue weighted by molar-refractivity contribution is -0.111. The maximum atomic E-state index is 11.7. The third-order valence-electron chi connectivity index (χ3n) is 2.47. The summed E-state index contributed by atoms with van der Waals surface area (Å²) in [6, 6.07) is 7.17. The molecule has 1 aromatic carbocycles. The second kappa shape index (κ2) is 3.95. The summed E-state index contributed by atoms with van der Waals surface area (Å²) in [4.78, 5) is 19.7. The molecule has 1 aromatic rings. The summed E-state index contributed by atoms with van der Waals surface area (Å²) in [5, 5.41) is 10.6. The van der Waals surface area contributed by atoms with Crippen LogP contribution in [-0.4, -0.2) is 30.4 Å². The molecule has 1 amide bonds. The Morgan fingerprint density at radius 2 is 1.94 bits per heavy atom. The number of carbonyl (C=O) groups excluding carboxylic acids is 1. The number of amidine groups is 2. The van der Waals surface area contributed by atoms with Crippen molar-refractivity contribution in [1.29, 1.82) is 0 Å². The van der Waals surface area contributed by atoms with Crippen molar-refractivity contribution in [3.05, 3.63) is 29.8 Å². The molecule has 7 heteroatoms. The zero-order valence-electron chi connectivity index (χ0n) is 9.36. The first-order valence-corrected chi connectivity index (χ1v) is 5.14. The van der Waals surface area contributed by atoms with Crippen LogP contribution in [0.4, 0.5) is 0 Å². The summed E-state index contributed by atoms with van der Waals surface area (Å²) in [6.07, 6.45) is 0. The minimum atomic E-state index is -0.495. The fourth-order valence-corrected chi connectivity index (χ4v) is 1.64. The van der Waals surface area contributed by atoms with E-state index in [4.69, 9.17) is 4.74 Å². The fourth-order valence-electron chi connectivity index (χ4n) is 1.64. The average Bonchev–Trinajstić information content (AvgIpc) is 2.87. The molecule has 0 radical (unpaired) electrons. The summed E-state index contributed by atoms with van der Waals surface area (Å²) < 4.78 is 5.20. The van der Waals surface area contributed by atoms with Gasteiger partial charge >= 0.3 is 5.91 Å². The Kier molecular flexibility index (Phi) is 2.30. The number of fused-ring (bicyclic) bond motifs is 1. The van der Waals surface area contributed by atoms with E-state index >= 15 is 0 Å². The topological polar surface area (TPSA) is 88.1 Å². The zero-order chi connectivity index (χ0) is 12.5. The summed E-state index contributed by atoms with van der Waals surface area (Å²) in [6.45, 7) is 0. The van der Waals surface area contributed by atoms with E-state index in [-0.39, 0.29) is 17.4 Å². The molecule has 3 rings (SSSR count). The van der Waals surface area contributed by atoms with Gasteiger partial charge in [0.2, 0.25) is 11.5 Å². The van der Waals surface area contributed by atoms with Crippen LogP contribution in [0.25, 0.3) is 0 Å². The molecule has 0 saturated heterocycles. The number of aliphatic imine (C=N–C) groups is 2. The second-order valence-electron chi connectivity index (χ2n) is 3.51. The van der Waals surface area contributed by atoms with Gasteiger partial charge in [-0.1, -0.05) is 12.1 Å². The standard InChI is InChI=1S/C11H7N5O2/c1-18-7-5-3-2-4-6(7)9-12-10-8(11(17)13-9)14-16-15-10/h2-5H,1H3. The number of para-hydroxylation sites is 1. The van der Waals surface area contributed by atoms with Crippen molar-refractivity contribution in [2.75, 3.05) is 7.11 Å². The Morgan fingerprint density at radius 1 is 1.11 bits per heavy atom. The third kappa shape index (κ3) is 1.53. The fraction of sp³-hybridized carbons (Fsp3) is 0.0909. The van der Waals surface area contributed by atoms with Gasteiger partial charge < -0.3 is 4.74 Å². The van der Waals surface area contributed by atoms with E-state index in [9.17, 15) is 4.79 Å². The van der Waals surface area contributed by atoms with Crippen molar-refractivity contribution < 1.29 is 9.53 Å². The quantitative estimate of drug-likeness (QED) is 0.778. The highest BCUT2D eigenvalue weighted by Crippen LogP contribution is 2.21. The first-order chi connectivity index (χ1) is 8.79. The van der Waals surface area contributed by atoms with Crippen LogP contribution in [0.3, 0.4) is 0 Å². The summed E-state index contributed by atoms with van der Waals surface area (Å²) in [5.41, 5.74) is 0.704. The van der Waals surface area contributed by atoms with Crippen LogP contribution < -0.4 is 4.74 Å². The maximum absolute atomic E-state index is 11.7. The number of hydrogen-bond donors (Lipinski definition) is 0. The van der Waals surface area contributed by atoms with Crippen molar-refractivity contribution in [2.45, 2.75) is 0 Å². The molecular formula is C11H7N5O2. The molecule has 0 aliphatic carbocycles. The van der Waals surface area contributed by atoms with Crippen molar-refractivity contribution >= 4 is 23.3 Å². The summed E-state index contributed by atoms with van der Waals surface area (Å²) in [5.74, 6) is 0.540. The number of amides is 1. The molecule has 2 heterocycles. The van der Waals surface area contributed by atoms with Crippen LogP contribution in [0.1, 0.15) is 5.56 Å². The molecule has 0 spiro atoms. The summed E-state index contributed by atoms with van der Waals surface area (Å²) in [7, 11) is 1.54. The molecule has 0 unspecified atom stereocenters. The monoisotopic (exact) mass is 241 g/mol. The predicted molar refractivity (Wildman–Crippen MR) is 64.3 cm³/mol. The highest BCUT2D eigenvalue weighted by Gasteiger charge is 2.28. The molecule has 0 bridgehead atoms. The minimum absolute atomic E-state index is 0.0775. The second-order valence-corrected chi connectivity index (χ2v) is 3.51. The highest BCUT2D eigenvalue weighted by atomic mass is 16.5. The van der Waals surface area contributed by atoms with Gasteiger partial charge in [-0.05, 0) is 17.4 Å². The molecule has 0 N–H and O–H groups in total. The van der Waals surface area contributed by atoms with E-state index in [1.54, 1.807) is 19.2 Å². The average molecular weight is 241 g/mol. The first-order valence-electron chi connectivity index (χ1n) is 5.14. The number of nitrogens with zero attached hydrogens (tertiary/aromatic N) is 5. The molecular weight excluding hydrogens is 234 g/mol. The molecule has 18 heavy (non-hydrogen) atoms. The molecule has 0 saturated carbocycles. The van der Waals surface area contributed by atoms with Crippen LogP contribution in [0.15, 0.2) is 49.7 Å². The lowest BCUT2D eigenvalue weighted by atomic mass is 10.1. The molecule has 0 aromatic heterocycles. The lowest BCUT2D eigenvalue weighted by Gasteiger charge is -2.10. The van der Waals surface area contributed by atoms with Crippen LogP contribution in [-0.2, 0) is 4.79 Å². The van der Waals surface area contributed by atoms with E-state index in [1.807, 2.05) is 12.1 Å². The molecule has 0 fully saturated rings. The van der Waals surface area contributed by atoms with Crippen LogP contribution >= 0.6 is 0 Å². The van der Waals surface area contributed by atoms with Gasteiger partial charge in [-0.2, -0.15) is 4.99 Å². The van der Waals surface area contributed by atoms with Gasteiger partial charge in [0, 0.05) is 0 Å². The number of methoxy groups -OCH3 is 1. The Labute approximate surface area is 102 Å². The smallest absolute Gasteiger partial charge is 0.303 e. The Balaban J connectivity index is 2.11. The van der Waals surface area contributed by atoms with Crippen molar-refractivity contribution in [3.8, 4) is 5.75 Å². The Bertz CT molecular complexity index is 657. The van der Waals surface area contributed by atoms with Gasteiger partial charge in [0.1, 0.15) is 5.75 Å². The number of carbonyl (C=O) groups is 1. The molecule has 2 aliphatic rings. The molecule has 7 nitrogen and oxygen atoms in total. The Morgan fingerprint density at radius 3 is 2.78 bits per heavy atom. The van der Waals surface area contributed by atoms with Crippen molar-refractivity contribution in [2.24, 2.45) is 25.4 Å². The van der Waals surface area contributed by atoms with Gasteiger partial charge in [-0.3, -0.25) is 4.79 Å². The summed E-state index contributed by atoms with van der Waals surface area (Å²) >= 11 is 0. The van der Waals surface area contributed by atoms with Crippen LogP contribution in [0.5, 0.6) is 5.75 Å². The zero-order valence-corrected chi connectivity index (χ0v) is 9.36. The van der Waals surface area contributed by atoms with E-state index in [2.05, 4.69) is 25.4 Å². The highest BCUT2D eigenvalue weighted by molar-refractivity contribution is 6.69. The van der Waals surface area contributed by atoms with E-state index in [0.717, 1.165) is 0 Å². The van der Waals surface area contributed by atoms with Gasteiger partial charge in [0.05, 0.1) is 12.7 Å². The normalized spacial score (nSPS) is 16.9. The van der Waals surface area contributed by atoms with Crippen molar-refractivity contribution in [1.82, 2.24) is 0 Å². The predicted octanol–water partition coefficient (Wildman–Crippen LogP) is 1.20. The maximum Gasteiger partial charge on any atom is 0.303 e. The third-order valence-corrected chi connectivity index (χ3v) is 2.47. The lowest BCUT2D eigenvalue weighted by Crippen LogP contribution is -2.26. The van der Waals surface area contributed by atoms with Crippen LogP contribution in [0, 0.1) is 0 Å². The Hall–Kier alpha value is -2.70. The molecule has 0 atom stereocenters. The number of hydrogen-bond acceptors (Lipinski definition) is 6. The number of ether oxygens (including phenoxy) is 1. The number of rotatable bonds is 2. The van der Waals surface area contributed by atoms with E-state index < -0.39 is 5.91 Å². The number of benzene rings is 1. The minimum Gasteiger partial charge on any atom is -0.496 e. The largest absolute Gasteiger partial charge is 0.496 e. The van der Waals surface area contributed by atoms with Gasteiger partial charge in [-0.15, -0.1) is 10.2 Å². The van der Waals surface area contributed by atoms with E-state index in [0.29, 0.717) is 11.3 Å². The van der Waals surface area contributed by atoms with Crippen molar-refractivity contribution in [3.63, 3.8) is 0 Å². The van der Waals surface area contributed by atoms with Gasteiger partial charge in [0.15, 0.2) is 5.84 Å². The first kappa shape index (κ1) is 10.5. The van der Waals surface area contributed by atoms with E-state index in [1.165, 1.54) is 0 Å². The molecule has 88 valence electrons. The molecule has 2 aliphatic heterocycles. The van der Waals surface area contributed by atoms with Gasteiger partial charge in [0.25, 0.3) is 0 Å².